The Morgan fingerprint density at radius 1 is 0.705 bits per heavy atom. The molecule has 8 nitrogen and oxygen atoms in total. The van der Waals surface area contributed by atoms with Gasteiger partial charge in [0.25, 0.3) is 11.8 Å². The second kappa shape index (κ2) is 14.3. The molecule has 44 heavy (non-hydrogen) atoms. The van der Waals surface area contributed by atoms with Crippen LogP contribution in [0.3, 0.4) is 0 Å². The minimum Gasteiger partial charge on any atom is -0.349 e. The predicted molar refractivity (Wildman–Crippen MR) is 180 cm³/mol. The van der Waals surface area contributed by atoms with Crippen molar-refractivity contribution < 1.29 is 9.59 Å². The maximum absolute atomic E-state index is 13.0. The number of amides is 2. The van der Waals surface area contributed by atoms with E-state index in [-0.39, 0.29) is 23.9 Å². The summed E-state index contributed by atoms with van der Waals surface area (Å²) in [4.78, 5) is 42.3. The predicted octanol–water partition coefficient (Wildman–Crippen LogP) is 6.01. The van der Waals surface area contributed by atoms with Crippen LogP contribution in [0.4, 0.5) is 0 Å². The molecule has 230 valence electrons. The Labute approximate surface area is 267 Å². The third kappa shape index (κ3) is 7.20. The summed E-state index contributed by atoms with van der Waals surface area (Å²) in [5, 5.41) is 8.30. The number of carbonyl (C=O) groups is 2. The van der Waals surface area contributed by atoms with Gasteiger partial charge in [0.15, 0.2) is 0 Å². The van der Waals surface area contributed by atoms with Crippen LogP contribution in [0.2, 0.25) is 0 Å². The standard InChI is InChI=1S/C34H40N6O2S2/c1-3-39-15-11-27(12-16-39)37-33(41)25-19-23-7-5-9-29(31(23)35-21-25)43-44-30-10-6-8-24-20-26(22-36-32(24)30)34(42)38-28-13-17-40(4-2)18-14-28/h5-10,19-22,27-28H,3-4,11-18H2,1-2H3,(H,37,41)(H,38,42). The lowest BCUT2D eigenvalue weighted by Gasteiger charge is -2.31. The van der Waals surface area contributed by atoms with Crippen molar-refractivity contribution in [2.24, 2.45) is 0 Å². The van der Waals surface area contributed by atoms with Crippen molar-refractivity contribution in [1.82, 2.24) is 30.4 Å². The summed E-state index contributed by atoms with van der Waals surface area (Å²) in [6.07, 6.45) is 7.30. The van der Waals surface area contributed by atoms with E-state index in [0.29, 0.717) is 11.1 Å². The van der Waals surface area contributed by atoms with Gasteiger partial charge in [-0.05, 0) is 63.0 Å². The normalized spacial score (nSPS) is 17.2. The molecule has 6 rings (SSSR count). The molecule has 0 unspecified atom stereocenters. The van der Waals surface area contributed by atoms with E-state index in [1.54, 1.807) is 34.0 Å². The Hall–Kier alpha value is -3.18. The average Bonchev–Trinajstić information content (AvgIpc) is 3.07. The zero-order valence-corrected chi connectivity index (χ0v) is 27.1. The molecule has 4 aromatic rings. The Morgan fingerprint density at radius 3 is 1.50 bits per heavy atom. The van der Waals surface area contributed by atoms with Gasteiger partial charge in [-0.15, -0.1) is 0 Å². The lowest BCUT2D eigenvalue weighted by Crippen LogP contribution is -2.44. The number of pyridine rings is 2. The lowest BCUT2D eigenvalue weighted by atomic mass is 10.0. The van der Waals surface area contributed by atoms with Gasteiger partial charge >= 0.3 is 0 Å². The van der Waals surface area contributed by atoms with Crippen molar-refractivity contribution in [1.29, 1.82) is 0 Å². The van der Waals surface area contributed by atoms with Gasteiger partial charge in [0.05, 0.1) is 22.2 Å². The first-order valence-corrected chi connectivity index (χ1v) is 17.8. The van der Waals surface area contributed by atoms with Crippen LogP contribution in [0.15, 0.2) is 70.7 Å². The largest absolute Gasteiger partial charge is 0.349 e. The molecule has 0 bridgehead atoms. The third-order valence-electron chi connectivity index (χ3n) is 8.83. The number of fused-ring (bicyclic) bond motifs is 2. The van der Waals surface area contributed by atoms with Crippen LogP contribution in [0.5, 0.6) is 0 Å². The van der Waals surface area contributed by atoms with Crippen LogP contribution in [0.25, 0.3) is 21.8 Å². The van der Waals surface area contributed by atoms with E-state index < -0.39 is 0 Å². The van der Waals surface area contributed by atoms with Crippen molar-refractivity contribution in [2.45, 2.75) is 61.4 Å². The van der Waals surface area contributed by atoms with Crippen LogP contribution < -0.4 is 10.6 Å². The van der Waals surface area contributed by atoms with E-state index in [4.69, 9.17) is 9.97 Å². The van der Waals surface area contributed by atoms with Gasteiger partial charge in [0.2, 0.25) is 0 Å². The van der Waals surface area contributed by atoms with Gasteiger partial charge in [0.1, 0.15) is 0 Å². The summed E-state index contributed by atoms with van der Waals surface area (Å²) >= 11 is 0. The monoisotopic (exact) mass is 628 g/mol. The van der Waals surface area contributed by atoms with Crippen molar-refractivity contribution in [3.8, 4) is 0 Å². The second-order valence-electron chi connectivity index (χ2n) is 11.6. The number of nitrogens with zero attached hydrogens (tertiary/aromatic N) is 4. The van der Waals surface area contributed by atoms with E-state index in [9.17, 15) is 9.59 Å². The quantitative estimate of drug-likeness (QED) is 0.218. The summed E-state index contributed by atoms with van der Waals surface area (Å²) in [6, 6.07) is 16.4. The van der Waals surface area contributed by atoms with Crippen molar-refractivity contribution in [3.63, 3.8) is 0 Å². The van der Waals surface area contributed by atoms with E-state index in [0.717, 1.165) is 96.5 Å². The first-order chi connectivity index (χ1) is 21.5. The first-order valence-electron chi connectivity index (χ1n) is 15.7. The lowest BCUT2D eigenvalue weighted by molar-refractivity contribution is 0.0904. The van der Waals surface area contributed by atoms with E-state index in [1.165, 1.54) is 0 Å². The third-order valence-corrected chi connectivity index (χ3v) is 11.3. The van der Waals surface area contributed by atoms with Gasteiger partial charge in [-0.25, -0.2) is 0 Å². The van der Waals surface area contributed by atoms with E-state index in [1.807, 2.05) is 36.4 Å². The van der Waals surface area contributed by atoms with Crippen molar-refractivity contribution >= 4 is 55.2 Å². The fourth-order valence-electron chi connectivity index (χ4n) is 6.06. The molecule has 2 aromatic heterocycles. The number of rotatable bonds is 9. The van der Waals surface area contributed by atoms with Crippen molar-refractivity contribution in [3.05, 3.63) is 72.1 Å². The zero-order valence-electron chi connectivity index (χ0n) is 25.4. The maximum Gasteiger partial charge on any atom is 0.253 e. The zero-order chi connectivity index (χ0) is 30.5. The van der Waals surface area contributed by atoms with Crippen LogP contribution in [-0.4, -0.2) is 82.9 Å². The highest BCUT2D eigenvalue weighted by atomic mass is 33.1. The molecule has 0 radical (unpaired) electrons. The van der Waals surface area contributed by atoms with Crippen LogP contribution in [0, 0.1) is 0 Å². The van der Waals surface area contributed by atoms with Gasteiger partial charge < -0.3 is 20.4 Å². The number of nitrogens with one attached hydrogen (secondary N) is 2. The molecule has 0 saturated carbocycles. The highest BCUT2D eigenvalue weighted by molar-refractivity contribution is 8.76. The molecule has 2 fully saturated rings. The number of para-hydroxylation sites is 2. The maximum atomic E-state index is 13.0. The summed E-state index contributed by atoms with van der Waals surface area (Å²) in [5.74, 6) is -0.114. The molecule has 2 aliphatic heterocycles. The summed E-state index contributed by atoms with van der Waals surface area (Å²) in [6.45, 7) is 10.6. The SMILES string of the molecule is CCN1CCC(NC(=O)c2cnc3c(SSc4cccc5cc(C(=O)NC6CCN(CC)CC6)cnc45)cccc3c2)CC1. The summed E-state index contributed by atoms with van der Waals surface area (Å²) < 4.78 is 0. The first kappa shape index (κ1) is 30.8. The summed E-state index contributed by atoms with van der Waals surface area (Å²) in [7, 11) is 3.25. The van der Waals surface area contributed by atoms with Crippen molar-refractivity contribution in [2.75, 3.05) is 39.3 Å². The number of hydrogen-bond acceptors (Lipinski definition) is 8. The van der Waals surface area contributed by atoms with Gasteiger partial charge in [0, 0.05) is 71.2 Å². The average molecular weight is 629 g/mol. The van der Waals surface area contributed by atoms with E-state index >= 15 is 0 Å². The molecular weight excluding hydrogens is 589 g/mol. The smallest absolute Gasteiger partial charge is 0.253 e. The number of benzene rings is 2. The number of piperidine rings is 2. The van der Waals surface area contributed by atoms with Crippen LogP contribution in [0.1, 0.15) is 60.2 Å². The number of hydrogen-bond donors (Lipinski definition) is 2. The molecule has 10 heteroatoms. The molecule has 2 saturated heterocycles. The fourth-order valence-corrected chi connectivity index (χ4v) is 8.36. The highest BCUT2D eigenvalue weighted by Gasteiger charge is 2.22. The van der Waals surface area contributed by atoms with Crippen LogP contribution in [-0.2, 0) is 0 Å². The Balaban J connectivity index is 1.11. The van der Waals surface area contributed by atoms with Gasteiger partial charge in [-0.1, -0.05) is 59.7 Å². The van der Waals surface area contributed by atoms with Gasteiger partial charge in [-0.3, -0.25) is 19.6 Å². The molecule has 0 aliphatic carbocycles. The fraction of sp³-hybridized carbons (Fsp3) is 0.412. The number of likely N-dealkylation sites (tertiary alicyclic amines) is 2. The summed E-state index contributed by atoms with van der Waals surface area (Å²) in [5.41, 5.74) is 2.92. The number of aromatic nitrogens is 2. The Morgan fingerprint density at radius 2 is 1.11 bits per heavy atom. The molecular formula is C34H40N6O2S2. The molecule has 2 aromatic carbocycles. The molecule has 2 aliphatic rings. The Kier molecular flexibility index (Phi) is 10.0. The number of carbonyl (C=O) groups excluding carboxylic acids is 2. The van der Waals surface area contributed by atoms with E-state index in [2.05, 4.69) is 46.4 Å². The van der Waals surface area contributed by atoms with Crippen LogP contribution >= 0.6 is 21.6 Å². The molecule has 0 spiro atoms. The molecule has 2 N–H and O–H groups in total. The molecule has 0 atom stereocenters. The minimum atomic E-state index is -0.0569. The van der Waals surface area contributed by atoms with Gasteiger partial charge in [-0.2, -0.15) is 0 Å². The molecule has 2 amide bonds. The second-order valence-corrected chi connectivity index (χ2v) is 13.8. The minimum absolute atomic E-state index is 0.0569. The topological polar surface area (TPSA) is 90.5 Å². The molecule has 4 heterocycles. The Bertz CT molecular complexity index is 1510. The highest BCUT2D eigenvalue weighted by Crippen LogP contribution is 2.42.